The maximum atomic E-state index is 12.2. The molecule has 0 fully saturated rings. The molecule has 3 rings (SSSR count). The molecule has 4 heteroatoms. The third kappa shape index (κ3) is 1.74. The van der Waals surface area contributed by atoms with E-state index < -0.39 is 0 Å². The number of ketones is 2. The van der Waals surface area contributed by atoms with Crippen LogP contribution in [0.15, 0.2) is 54.4 Å². The lowest BCUT2D eigenvalue weighted by Gasteiger charge is -2.15. The first kappa shape index (κ1) is 11.3. The molecule has 0 aliphatic heterocycles. The number of nitrogens with zero attached hydrogens (tertiary/aromatic N) is 1. The number of rotatable bonds is 1. The number of Topliss-reactive ketones (excluding diaryl/α,β-unsaturated/α-hetero) is 1. The molecule has 0 radical (unpaired) electrons. The molecule has 0 unspecified atom stereocenters. The van der Waals surface area contributed by atoms with Gasteiger partial charge in [-0.15, -0.1) is 0 Å². The number of nitrogens with two attached hydrogens (primary N) is 1. The molecular weight excluding hydrogens is 240 g/mol. The van der Waals surface area contributed by atoms with Crippen LogP contribution in [0.3, 0.4) is 0 Å². The maximum absolute atomic E-state index is 12.2. The Kier molecular flexibility index (Phi) is 2.49. The fourth-order valence-electron chi connectivity index (χ4n) is 2.16. The number of hydrogen-bond donors (Lipinski definition) is 1. The largest absolute Gasteiger partial charge is 0.395 e. The average molecular weight is 250 g/mol. The third-order valence-corrected chi connectivity index (χ3v) is 3.05. The monoisotopic (exact) mass is 250 g/mol. The summed E-state index contributed by atoms with van der Waals surface area (Å²) in [6.07, 6.45) is 2.66. The van der Waals surface area contributed by atoms with Crippen LogP contribution in [0.2, 0.25) is 0 Å². The normalized spacial score (nSPS) is 14.0. The molecule has 92 valence electrons. The summed E-state index contributed by atoms with van der Waals surface area (Å²) in [4.78, 5) is 28.0. The number of aromatic nitrogens is 1. The second-order valence-corrected chi connectivity index (χ2v) is 4.24. The third-order valence-electron chi connectivity index (χ3n) is 3.05. The number of pyridine rings is 1. The zero-order chi connectivity index (χ0) is 13.4. The van der Waals surface area contributed by atoms with E-state index in [2.05, 4.69) is 4.98 Å². The molecule has 0 bridgehead atoms. The van der Waals surface area contributed by atoms with Gasteiger partial charge in [-0.2, -0.15) is 0 Å². The Morgan fingerprint density at radius 2 is 1.74 bits per heavy atom. The van der Waals surface area contributed by atoms with Crippen molar-refractivity contribution >= 4 is 11.6 Å². The first-order chi connectivity index (χ1) is 9.18. The molecule has 2 N–H and O–H groups in total. The van der Waals surface area contributed by atoms with Crippen LogP contribution >= 0.6 is 0 Å². The number of allylic oxidation sites excluding steroid dienone is 2. The summed E-state index contributed by atoms with van der Waals surface area (Å²) in [5.74, 6) is -0.675. The van der Waals surface area contributed by atoms with Gasteiger partial charge < -0.3 is 5.73 Å². The van der Waals surface area contributed by atoms with Crippen LogP contribution in [0, 0.1) is 0 Å². The van der Waals surface area contributed by atoms with Crippen molar-refractivity contribution in [1.82, 2.24) is 4.98 Å². The van der Waals surface area contributed by atoms with Gasteiger partial charge in [0.1, 0.15) is 5.69 Å². The predicted molar refractivity (Wildman–Crippen MR) is 70.6 cm³/mol. The van der Waals surface area contributed by atoms with E-state index in [4.69, 9.17) is 5.73 Å². The lowest BCUT2D eigenvalue weighted by atomic mass is 9.90. The molecule has 2 aromatic rings. The van der Waals surface area contributed by atoms with Crippen LogP contribution in [0.4, 0.5) is 0 Å². The van der Waals surface area contributed by atoms with Crippen molar-refractivity contribution in [2.45, 2.75) is 0 Å². The van der Waals surface area contributed by atoms with Gasteiger partial charge in [-0.05, 0) is 17.2 Å². The standard InChI is InChI=1S/C15H10N2O2/c16-11-8-12(18)14-13(15(11)19)10(6-7-17-14)9-4-2-1-3-5-9/h1-8H,16H2. The van der Waals surface area contributed by atoms with E-state index in [0.29, 0.717) is 11.1 Å². The molecule has 1 aromatic carbocycles. The van der Waals surface area contributed by atoms with Crippen molar-refractivity contribution in [2.24, 2.45) is 5.73 Å². The highest BCUT2D eigenvalue weighted by atomic mass is 16.1. The van der Waals surface area contributed by atoms with E-state index in [0.717, 1.165) is 11.6 Å². The summed E-state index contributed by atoms with van der Waals surface area (Å²) in [7, 11) is 0. The molecule has 0 atom stereocenters. The molecule has 19 heavy (non-hydrogen) atoms. The quantitative estimate of drug-likeness (QED) is 0.839. The van der Waals surface area contributed by atoms with Crippen LogP contribution in [-0.4, -0.2) is 16.6 Å². The number of carbonyl (C=O) groups excluding carboxylic acids is 2. The summed E-state index contributed by atoms with van der Waals surface area (Å²) in [6.45, 7) is 0. The molecule has 1 aromatic heterocycles. The SMILES string of the molecule is NC1=CC(=O)c2nccc(-c3ccccc3)c2C1=O. The minimum atomic E-state index is -0.346. The number of fused-ring (bicyclic) bond motifs is 1. The first-order valence-corrected chi connectivity index (χ1v) is 5.79. The fourth-order valence-corrected chi connectivity index (χ4v) is 2.16. The summed E-state index contributed by atoms with van der Waals surface area (Å²) in [6, 6.07) is 11.1. The van der Waals surface area contributed by atoms with Crippen molar-refractivity contribution in [2.75, 3.05) is 0 Å². The highest BCUT2D eigenvalue weighted by Crippen LogP contribution is 2.29. The molecule has 0 saturated carbocycles. The zero-order valence-electron chi connectivity index (χ0n) is 9.96. The summed E-state index contributed by atoms with van der Waals surface area (Å²) in [5.41, 5.74) is 7.55. The van der Waals surface area contributed by atoms with Crippen LogP contribution in [-0.2, 0) is 0 Å². The molecule has 0 saturated heterocycles. The Hall–Kier alpha value is -2.75. The summed E-state index contributed by atoms with van der Waals surface area (Å²) >= 11 is 0. The average Bonchev–Trinajstić information content (AvgIpc) is 2.45. The number of hydrogen-bond acceptors (Lipinski definition) is 4. The van der Waals surface area contributed by atoms with Crippen LogP contribution in [0.25, 0.3) is 11.1 Å². The second-order valence-electron chi connectivity index (χ2n) is 4.24. The van der Waals surface area contributed by atoms with Crippen molar-refractivity contribution in [1.29, 1.82) is 0 Å². The van der Waals surface area contributed by atoms with Crippen molar-refractivity contribution in [3.05, 3.63) is 65.6 Å². The molecule has 0 amide bonds. The van der Waals surface area contributed by atoms with Crippen LogP contribution in [0.1, 0.15) is 20.8 Å². The molecule has 4 nitrogen and oxygen atoms in total. The zero-order valence-corrected chi connectivity index (χ0v) is 9.96. The first-order valence-electron chi connectivity index (χ1n) is 5.79. The number of carbonyl (C=O) groups is 2. The van der Waals surface area contributed by atoms with Gasteiger partial charge in [-0.1, -0.05) is 30.3 Å². The van der Waals surface area contributed by atoms with Gasteiger partial charge in [0.25, 0.3) is 0 Å². The van der Waals surface area contributed by atoms with E-state index in [1.54, 1.807) is 6.07 Å². The molecule has 0 spiro atoms. The molecule has 1 aliphatic rings. The van der Waals surface area contributed by atoms with Gasteiger partial charge in [0.2, 0.25) is 11.6 Å². The maximum Gasteiger partial charge on any atom is 0.211 e. The van der Waals surface area contributed by atoms with Gasteiger partial charge in [-0.25, -0.2) is 0 Å². The van der Waals surface area contributed by atoms with Gasteiger partial charge in [0, 0.05) is 12.3 Å². The Morgan fingerprint density at radius 1 is 1.00 bits per heavy atom. The van der Waals surface area contributed by atoms with E-state index >= 15 is 0 Å². The fraction of sp³-hybridized carbons (Fsp3) is 0. The highest BCUT2D eigenvalue weighted by Gasteiger charge is 2.28. The van der Waals surface area contributed by atoms with Gasteiger partial charge in [0.15, 0.2) is 0 Å². The smallest absolute Gasteiger partial charge is 0.211 e. The van der Waals surface area contributed by atoms with Crippen molar-refractivity contribution < 1.29 is 9.59 Å². The van der Waals surface area contributed by atoms with Crippen LogP contribution in [0.5, 0.6) is 0 Å². The van der Waals surface area contributed by atoms with Crippen molar-refractivity contribution in [3.8, 4) is 11.1 Å². The topological polar surface area (TPSA) is 73.1 Å². The Balaban J connectivity index is 2.29. The predicted octanol–water partition coefficient (Wildman–Crippen LogP) is 1.97. The van der Waals surface area contributed by atoms with Gasteiger partial charge in [0.05, 0.1) is 11.3 Å². The van der Waals surface area contributed by atoms with Crippen LogP contribution < -0.4 is 5.73 Å². The lowest BCUT2D eigenvalue weighted by Crippen LogP contribution is -2.23. The number of benzene rings is 1. The van der Waals surface area contributed by atoms with Crippen molar-refractivity contribution in [3.63, 3.8) is 0 Å². The van der Waals surface area contributed by atoms with Gasteiger partial charge >= 0.3 is 0 Å². The molecular formula is C15H10N2O2. The van der Waals surface area contributed by atoms with Gasteiger partial charge in [-0.3, -0.25) is 14.6 Å². The minimum Gasteiger partial charge on any atom is -0.395 e. The lowest BCUT2D eigenvalue weighted by molar-refractivity contribution is 0.0980. The minimum absolute atomic E-state index is 0.0392. The Morgan fingerprint density at radius 3 is 2.47 bits per heavy atom. The van der Waals surface area contributed by atoms with E-state index in [-0.39, 0.29) is 23.0 Å². The molecule has 1 heterocycles. The summed E-state index contributed by atoms with van der Waals surface area (Å²) < 4.78 is 0. The molecule has 1 aliphatic carbocycles. The summed E-state index contributed by atoms with van der Waals surface area (Å²) in [5, 5.41) is 0. The second kappa shape index (κ2) is 4.17. The van der Waals surface area contributed by atoms with E-state index in [1.807, 2.05) is 30.3 Å². The van der Waals surface area contributed by atoms with E-state index in [9.17, 15) is 9.59 Å². The Bertz CT molecular complexity index is 718. The van der Waals surface area contributed by atoms with E-state index in [1.165, 1.54) is 6.20 Å². The highest BCUT2D eigenvalue weighted by molar-refractivity contribution is 6.25. The Labute approximate surface area is 109 Å².